The molecule has 9 heteroatoms. The predicted molar refractivity (Wildman–Crippen MR) is 122 cm³/mol. The summed E-state index contributed by atoms with van der Waals surface area (Å²) < 4.78 is 5.23. The highest BCUT2D eigenvalue weighted by molar-refractivity contribution is 6.01. The lowest BCUT2D eigenvalue weighted by atomic mass is 9.88. The molecule has 0 spiro atoms. The Balaban J connectivity index is 1.38. The first-order valence-electron chi connectivity index (χ1n) is 11.2. The average molecular weight is 452 g/mol. The number of oxime groups is 1. The molecule has 0 aliphatic carbocycles. The topological polar surface area (TPSA) is 106 Å². The monoisotopic (exact) mass is 451 g/mol. The molecule has 2 amide bonds. The fourth-order valence-electron chi connectivity index (χ4n) is 4.27. The predicted octanol–water partition coefficient (Wildman–Crippen LogP) is 2.48. The molecular weight excluding hydrogens is 422 g/mol. The van der Waals surface area contributed by atoms with Gasteiger partial charge in [-0.15, -0.1) is 0 Å². The fraction of sp³-hybridized carbons (Fsp3) is 0.458. The number of likely N-dealkylation sites (tertiary alicyclic amines) is 1. The van der Waals surface area contributed by atoms with Crippen LogP contribution in [0, 0.1) is 12.8 Å². The van der Waals surface area contributed by atoms with Gasteiger partial charge in [-0.3, -0.25) is 9.59 Å². The molecule has 2 aliphatic rings. The molecule has 1 fully saturated rings. The second kappa shape index (κ2) is 9.97. The van der Waals surface area contributed by atoms with Gasteiger partial charge in [0.1, 0.15) is 29.1 Å². The molecule has 2 aliphatic heterocycles. The van der Waals surface area contributed by atoms with Crippen molar-refractivity contribution in [3.63, 3.8) is 0 Å². The molecule has 0 saturated carbocycles. The largest absolute Gasteiger partial charge is 0.497 e. The van der Waals surface area contributed by atoms with Gasteiger partial charge in [0.2, 0.25) is 5.91 Å². The number of amides is 2. The van der Waals surface area contributed by atoms with Crippen LogP contribution in [-0.2, 0) is 16.2 Å². The van der Waals surface area contributed by atoms with Crippen LogP contribution in [0.3, 0.4) is 0 Å². The van der Waals surface area contributed by atoms with E-state index in [0.29, 0.717) is 36.1 Å². The van der Waals surface area contributed by atoms with E-state index in [2.05, 4.69) is 20.4 Å². The fourth-order valence-corrected chi connectivity index (χ4v) is 4.27. The Hall–Kier alpha value is -3.49. The van der Waals surface area contributed by atoms with Gasteiger partial charge in [-0.2, -0.15) is 0 Å². The van der Waals surface area contributed by atoms with Crippen LogP contribution in [0.2, 0.25) is 0 Å². The van der Waals surface area contributed by atoms with Gasteiger partial charge in [-0.05, 0) is 43.5 Å². The van der Waals surface area contributed by atoms with E-state index in [-0.39, 0.29) is 17.9 Å². The Morgan fingerprint density at radius 3 is 2.73 bits per heavy atom. The minimum Gasteiger partial charge on any atom is -0.497 e. The van der Waals surface area contributed by atoms with E-state index in [1.807, 2.05) is 29.2 Å². The first-order valence-corrected chi connectivity index (χ1v) is 11.2. The molecular formula is C24H29N5O4. The highest BCUT2D eigenvalue weighted by Gasteiger charge is 2.34. The normalized spacial score (nSPS) is 18.5. The molecule has 0 radical (unpaired) electrons. The third-order valence-corrected chi connectivity index (χ3v) is 6.16. The van der Waals surface area contributed by atoms with Crippen LogP contribution in [0.4, 0.5) is 0 Å². The number of rotatable bonds is 6. The molecule has 4 rings (SSSR count). The van der Waals surface area contributed by atoms with Crippen LogP contribution in [0.5, 0.6) is 5.75 Å². The van der Waals surface area contributed by atoms with E-state index in [4.69, 9.17) is 9.57 Å². The number of aryl methyl sites for hydroxylation is 1. The smallest absolute Gasteiger partial charge is 0.270 e. The number of carbonyl (C=O) groups excluding carboxylic acids is 2. The molecule has 174 valence electrons. The Labute approximate surface area is 193 Å². The lowest BCUT2D eigenvalue weighted by molar-refractivity contribution is -0.130. The second-order valence-electron chi connectivity index (χ2n) is 8.45. The van der Waals surface area contributed by atoms with E-state index in [1.54, 1.807) is 27.0 Å². The zero-order chi connectivity index (χ0) is 23.4. The maximum absolute atomic E-state index is 12.8. The number of nitrogens with zero attached hydrogens (tertiary/aromatic N) is 4. The van der Waals surface area contributed by atoms with Crippen molar-refractivity contribution >= 4 is 17.5 Å². The Morgan fingerprint density at radius 1 is 1.21 bits per heavy atom. The summed E-state index contributed by atoms with van der Waals surface area (Å²) in [6, 6.07) is 9.20. The molecule has 1 aromatic heterocycles. The highest BCUT2D eigenvalue weighted by atomic mass is 16.6. The van der Waals surface area contributed by atoms with Gasteiger partial charge in [0.15, 0.2) is 0 Å². The maximum Gasteiger partial charge on any atom is 0.270 e. The van der Waals surface area contributed by atoms with E-state index in [1.165, 1.54) is 0 Å². The van der Waals surface area contributed by atoms with Crippen molar-refractivity contribution < 1.29 is 19.2 Å². The van der Waals surface area contributed by atoms with Gasteiger partial charge in [-0.25, -0.2) is 9.97 Å². The third kappa shape index (κ3) is 5.47. The summed E-state index contributed by atoms with van der Waals surface area (Å²) in [5.74, 6) is 1.42. The van der Waals surface area contributed by atoms with Crippen molar-refractivity contribution in [2.24, 2.45) is 11.1 Å². The molecule has 1 atom stereocenters. The maximum atomic E-state index is 12.8. The zero-order valence-electron chi connectivity index (χ0n) is 19.2. The number of ether oxygens (including phenoxy) is 1. The number of benzene rings is 1. The van der Waals surface area contributed by atoms with Crippen LogP contribution in [0.15, 0.2) is 35.5 Å². The molecule has 1 N–H and O–H groups in total. The SMILES string of the molecule is COc1cccc(CNC(=O)c2cc(C3=NOC(C4CCN(C(C)=O)CC4)C3)nc(C)n2)c1. The van der Waals surface area contributed by atoms with Crippen LogP contribution in [-0.4, -0.2) is 58.7 Å². The third-order valence-electron chi connectivity index (χ3n) is 6.16. The van der Waals surface area contributed by atoms with E-state index < -0.39 is 0 Å². The van der Waals surface area contributed by atoms with Gasteiger partial charge >= 0.3 is 0 Å². The summed E-state index contributed by atoms with van der Waals surface area (Å²) in [7, 11) is 1.61. The molecule has 9 nitrogen and oxygen atoms in total. The van der Waals surface area contributed by atoms with Gasteiger partial charge < -0.3 is 19.8 Å². The Morgan fingerprint density at radius 2 is 2.00 bits per heavy atom. The molecule has 2 aromatic rings. The van der Waals surface area contributed by atoms with Crippen LogP contribution >= 0.6 is 0 Å². The van der Waals surface area contributed by atoms with E-state index >= 15 is 0 Å². The molecule has 33 heavy (non-hydrogen) atoms. The van der Waals surface area contributed by atoms with Gasteiger partial charge in [-0.1, -0.05) is 17.3 Å². The molecule has 1 saturated heterocycles. The van der Waals surface area contributed by atoms with E-state index in [0.717, 1.165) is 43.0 Å². The lowest BCUT2D eigenvalue weighted by Crippen LogP contribution is -2.40. The summed E-state index contributed by atoms with van der Waals surface area (Å²) >= 11 is 0. The van der Waals surface area contributed by atoms with Crippen LogP contribution in [0.1, 0.15) is 53.8 Å². The number of aromatic nitrogens is 2. The summed E-state index contributed by atoms with van der Waals surface area (Å²) in [5, 5.41) is 7.17. The zero-order valence-corrected chi connectivity index (χ0v) is 19.2. The minimum absolute atomic E-state index is 0.0327. The first-order chi connectivity index (χ1) is 15.9. The van der Waals surface area contributed by atoms with Crippen molar-refractivity contribution in [2.45, 2.75) is 45.8 Å². The molecule has 0 bridgehead atoms. The lowest BCUT2D eigenvalue weighted by Gasteiger charge is -2.33. The van der Waals surface area contributed by atoms with Gasteiger partial charge in [0, 0.05) is 38.9 Å². The number of piperidine rings is 1. The average Bonchev–Trinajstić information content (AvgIpc) is 3.33. The van der Waals surface area contributed by atoms with Crippen LogP contribution in [0.25, 0.3) is 0 Å². The number of hydrogen-bond acceptors (Lipinski definition) is 7. The standard InChI is InChI=1S/C24H29N5O4/c1-15-26-20(21-13-23(33-28-21)18-7-9-29(10-8-18)16(2)30)12-22(27-15)24(31)25-14-17-5-4-6-19(11-17)32-3/h4-6,11-12,18,23H,7-10,13-14H2,1-3H3,(H,25,31). The summed E-state index contributed by atoms with van der Waals surface area (Å²) in [4.78, 5) is 40.7. The summed E-state index contributed by atoms with van der Waals surface area (Å²) in [6.45, 7) is 5.22. The van der Waals surface area contributed by atoms with Crippen molar-refractivity contribution in [3.05, 3.63) is 53.1 Å². The number of hydrogen-bond donors (Lipinski definition) is 1. The first kappa shape index (κ1) is 22.7. The van der Waals surface area contributed by atoms with Crippen LogP contribution < -0.4 is 10.1 Å². The van der Waals surface area contributed by atoms with E-state index in [9.17, 15) is 9.59 Å². The summed E-state index contributed by atoms with van der Waals surface area (Å²) in [5.41, 5.74) is 2.56. The van der Waals surface area contributed by atoms with Gasteiger partial charge in [0.05, 0.1) is 12.8 Å². The van der Waals surface area contributed by atoms with Crippen molar-refractivity contribution in [3.8, 4) is 5.75 Å². The number of methoxy groups -OCH3 is 1. The summed E-state index contributed by atoms with van der Waals surface area (Å²) in [6.07, 6.45) is 2.39. The quantitative estimate of drug-likeness (QED) is 0.723. The Bertz CT molecular complexity index is 1060. The molecule has 1 aromatic carbocycles. The number of nitrogens with one attached hydrogen (secondary N) is 1. The molecule has 3 heterocycles. The minimum atomic E-state index is -0.280. The van der Waals surface area contributed by atoms with Crippen molar-refractivity contribution in [1.29, 1.82) is 0 Å². The Kier molecular flexibility index (Phi) is 6.86. The van der Waals surface area contributed by atoms with Crippen molar-refractivity contribution in [1.82, 2.24) is 20.2 Å². The number of carbonyl (C=O) groups is 2. The van der Waals surface area contributed by atoms with Crippen molar-refractivity contribution in [2.75, 3.05) is 20.2 Å². The second-order valence-corrected chi connectivity index (χ2v) is 8.45. The van der Waals surface area contributed by atoms with Gasteiger partial charge in [0.25, 0.3) is 5.91 Å². The molecule has 1 unspecified atom stereocenters. The highest BCUT2D eigenvalue weighted by Crippen LogP contribution is 2.29.